The summed E-state index contributed by atoms with van der Waals surface area (Å²) in [7, 11) is 0. The molecule has 150 valence electrons. The Morgan fingerprint density at radius 1 is 0.767 bits per heavy atom. The van der Waals surface area contributed by atoms with Crippen LogP contribution in [-0.2, 0) is 0 Å². The molecule has 0 fully saturated rings. The summed E-state index contributed by atoms with van der Waals surface area (Å²) < 4.78 is 29.8. The fourth-order valence-corrected chi connectivity index (χ4v) is 5.87. The number of halogens is 2. The van der Waals surface area contributed by atoms with Gasteiger partial charge in [0.25, 0.3) is 0 Å². The summed E-state index contributed by atoms with van der Waals surface area (Å²) in [5.41, 5.74) is 5.23. The molecule has 30 heavy (non-hydrogen) atoms. The maximum absolute atomic E-state index is 15.4. The highest BCUT2D eigenvalue weighted by Crippen LogP contribution is 2.55. The first-order chi connectivity index (χ1) is 14.4. The minimum absolute atomic E-state index is 0.0430. The molecule has 3 aromatic carbocycles. The Bertz CT molecular complexity index is 1250. The Balaban J connectivity index is 1.90. The van der Waals surface area contributed by atoms with Gasteiger partial charge >= 0.3 is 0 Å². The zero-order valence-electron chi connectivity index (χ0n) is 17.2. The van der Waals surface area contributed by atoms with Gasteiger partial charge in [0.1, 0.15) is 0 Å². The Kier molecular flexibility index (Phi) is 4.41. The van der Waals surface area contributed by atoms with Gasteiger partial charge in [-0.25, -0.2) is 8.78 Å². The summed E-state index contributed by atoms with van der Waals surface area (Å²) in [4.78, 5) is 2.06. The highest BCUT2D eigenvalue weighted by atomic mass is 32.1. The highest BCUT2D eigenvalue weighted by Gasteiger charge is 2.37. The van der Waals surface area contributed by atoms with Crippen molar-refractivity contribution in [3.63, 3.8) is 0 Å². The number of hydrogen-bond donors (Lipinski definition) is 0. The third kappa shape index (κ3) is 2.92. The van der Waals surface area contributed by atoms with Gasteiger partial charge in [-0.3, -0.25) is 0 Å². The van der Waals surface area contributed by atoms with E-state index in [9.17, 15) is 4.39 Å². The maximum Gasteiger partial charge on any atom is 0.166 e. The standard InChI is InChI=1S/C27H22F2S/c1-27(2,3)24-17-11-7-8-12-18(17)26-20(23-19(24)13-14-21(28)25(23)29)15-22(30-26)16-9-5-4-6-10-16/h4-15,24H,1-3H3. The van der Waals surface area contributed by atoms with Gasteiger partial charge in [-0.1, -0.05) is 81.4 Å². The molecule has 0 saturated carbocycles. The normalized spacial score (nSPS) is 15.2. The number of thiophene rings is 1. The van der Waals surface area contributed by atoms with E-state index in [0.29, 0.717) is 5.56 Å². The van der Waals surface area contributed by atoms with E-state index in [2.05, 4.69) is 45.0 Å². The lowest BCUT2D eigenvalue weighted by molar-refractivity contribution is 0.358. The van der Waals surface area contributed by atoms with Crippen LogP contribution < -0.4 is 0 Å². The highest BCUT2D eigenvalue weighted by molar-refractivity contribution is 7.19. The van der Waals surface area contributed by atoms with Crippen molar-refractivity contribution in [3.05, 3.63) is 95.6 Å². The first-order valence-electron chi connectivity index (χ1n) is 10.1. The van der Waals surface area contributed by atoms with Gasteiger partial charge in [0.15, 0.2) is 11.6 Å². The first kappa shape index (κ1) is 19.2. The van der Waals surface area contributed by atoms with Crippen molar-refractivity contribution in [2.24, 2.45) is 5.41 Å². The summed E-state index contributed by atoms with van der Waals surface area (Å²) in [6, 6.07) is 23.5. The molecule has 0 bridgehead atoms. The van der Waals surface area contributed by atoms with Gasteiger partial charge in [0, 0.05) is 26.8 Å². The molecular weight excluding hydrogens is 394 g/mol. The molecule has 0 amide bonds. The van der Waals surface area contributed by atoms with Crippen molar-refractivity contribution >= 4 is 11.3 Å². The molecule has 1 aromatic heterocycles. The van der Waals surface area contributed by atoms with Crippen molar-refractivity contribution in [3.8, 4) is 32.0 Å². The number of hydrogen-bond acceptors (Lipinski definition) is 1. The molecule has 0 aliphatic heterocycles. The second kappa shape index (κ2) is 6.88. The van der Waals surface area contributed by atoms with Crippen molar-refractivity contribution < 1.29 is 8.78 Å². The summed E-state index contributed by atoms with van der Waals surface area (Å²) in [5, 5.41) is 0. The minimum Gasteiger partial charge on any atom is -0.204 e. The van der Waals surface area contributed by atoms with Gasteiger partial charge in [-0.2, -0.15) is 0 Å². The molecule has 1 unspecified atom stereocenters. The molecule has 1 aliphatic rings. The molecule has 5 rings (SSSR count). The van der Waals surface area contributed by atoms with Gasteiger partial charge in [-0.05, 0) is 39.8 Å². The van der Waals surface area contributed by atoms with Gasteiger partial charge in [0.05, 0.1) is 0 Å². The van der Waals surface area contributed by atoms with Crippen LogP contribution in [0.2, 0.25) is 0 Å². The van der Waals surface area contributed by atoms with Crippen molar-refractivity contribution in [2.75, 3.05) is 0 Å². The lowest BCUT2D eigenvalue weighted by atomic mass is 9.71. The minimum atomic E-state index is -0.800. The number of benzene rings is 3. The molecule has 3 heteroatoms. The van der Waals surface area contributed by atoms with Crippen LogP contribution in [0.4, 0.5) is 8.78 Å². The summed E-state index contributed by atoms with van der Waals surface area (Å²) in [6.45, 7) is 6.48. The zero-order valence-corrected chi connectivity index (χ0v) is 18.0. The van der Waals surface area contributed by atoms with Crippen LogP contribution in [0.25, 0.3) is 32.0 Å². The van der Waals surface area contributed by atoms with E-state index in [1.807, 2.05) is 36.4 Å². The van der Waals surface area contributed by atoms with Gasteiger partial charge < -0.3 is 0 Å². The van der Waals surface area contributed by atoms with E-state index in [-0.39, 0.29) is 11.3 Å². The lowest BCUT2D eigenvalue weighted by Crippen LogP contribution is -2.20. The van der Waals surface area contributed by atoms with E-state index < -0.39 is 11.6 Å². The van der Waals surface area contributed by atoms with Crippen LogP contribution in [0, 0.1) is 17.0 Å². The van der Waals surface area contributed by atoms with Crippen molar-refractivity contribution in [2.45, 2.75) is 26.7 Å². The van der Waals surface area contributed by atoms with E-state index in [1.54, 1.807) is 17.4 Å². The molecule has 4 aromatic rings. The topological polar surface area (TPSA) is 0 Å². The van der Waals surface area contributed by atoms with Crippen molar-refractivity contribution in [1.82, 2.24) is 0 Å². The lowest BCUT2D eigenvalue weighted by Gasteiger charge is -2.33. The first-order valence-corrected chi connectivity index (χ1v) is 10.9. The fourth-order valence-electron chi connectivity index (χ4n) is 4.66. The maximum atomic E-state index is 15.4. The third-order valence-electron chi connectivity index (χ3n) is 5.88. The second-order valence-electron chi connectivity index (χ2n) is 8.93. The molecule has 1 heterocycles. The summed E-state index contributed by atoms with van der Waals surface area (Å²) in [5.74, 6) is -1.60. The fraction of sp³-hybridized carbons (Fsp3) is 0.185. The SMILES string of the molecule is CC(C)(C)C1c2ccccc2-c2sc(-c3ccccc3)cc2-c2c1ccc(F)c2F. The zero-order chi connectivity index (χ0) is 21.0. The Morgan fingerprint density at radius 2 is 1.47 bits per heavy atom. The largest absolute Gasteiger partial charge is 0.204 e. The molecular formula is C27H22F2S. The summed E-state index contributed by atoms with van der Waals surface area (Å²) in [6.07, 6.45) is 0. The smallest absolute Gasteiger partial charge is 0.166 e. The molecule has 0 saturated heterocycles. The van der Waals surface area contributed by atoms with E-state index in [1.165, 1.54) is 6.07 Å². The molecule has 0 spiro atoms. The quantitative estimate of drug-likeness (QED) is 0.292. The predicted molar refractivity (Wildman–Crippen MR) is 122 cm³/mol. The molecule has 0 N–H and O–H groups in total. The third-order valence-corrected chi connectivity index (χ3v) is 7.10. The van der Waals surface area contributed by atoms with E-state index in [0.717, 1.165) is 37.6 Å². The van der Waals surface area contributed by atoms with Gasteiger partial charge in [0.2, 0.25) is 0 Å². The number of fused-ring (bicyclic) bond motifs is 5. The summed E-state index contributed by atoms with van der Waals surface area (Å²) >= 11 is 1.65. The predicted octanol–water partition coefficient (Wildman–Crippen LogP) is 8.52. The van der Waals surface area contributed by atoms with Crippen LogP contribution in [0.1, 0.15) is 37.8 Å². The van der Waals surface area contributed by atoms with E-state index in [4.69, 9.17) is 0 Å². The molecule has 1 atom stereocenters. The molecule has 1 aliphatic carbocycles. The average molecular weight is 417 g/mol. The second-order valence-corrected chi connectivity index (χ2v) is 9.98. The monoisotopic (exact) mass is 416 g/mol. The molecule has 0 radical (unpaired) electrons. The molecule has 0 nitrogen and oxygen atoms in total. The van der Waals surface area contributed by atoms with Crippen LogP contribution in [0.5, 0.6) is 0 Å². The van der Waals surface area contributed by atoms with Crippen LogP contribution in [0.3, 0.4) is 0 Å². The Labute approximate surface area is 179 Å². The van der Waals surface area contributed by atoms with E-state index >= 15 is 4.39 Å². The average Bonchev–Trinajstić information content (AvgIpc) is 3.11. The Hall–Kier alpha value is -2.78. The van der Waals surface area contributed by atoms with Gasteiger partial charge in [-0.15, -0.1) is 11.3 Å². The number of rotatable bonds is 1. The van der Waals surface area contributed by atoms with Crippen LogP contribution >= 0.6 is 11.3 Å². The van der Waals surface area contributed by atoms with Crippen LogP contribution in [-0.4, -0.2) is 0 Å². The Morgan fingerprint density at radius 3 is 2.20 bits per heavy atom. The van der Waals surface area contributed by atoms with Crippen molar-refractivity contribution in [1.29, 1.82) is 0 Å². The van der Waals surface area contributed by atoms with Crippen LogP contribution in [0.15, 0.2) is 72.8 Å².